The van der Waals surface area contributed by atoms with Crippen molar-refractivity contribution in [3.63, 3.8) is 0 Å². The molecule has 0 saturated carbocycles. The molecular weight excluding hydrogens is 338 g/mol. The second-order valence-electron chi connectivity index (χ2n) is 5.04. The molecule has 3 aromatic rings. The van der Waals surface area contributed by atoms with Crippen LogP contribution in [0.3, 0.4) is 0 Å². The average molecular weight is 351 g/mol. The molecule has 2 aromatic carbocycles. The van der Waals surface area contributed by atoms with Crippen LogP contribution in [0.25, 0.3) is 0 Å². The Balaban J connectivity index is 1.73. The van der Waals surface area contributed by atoms with Crippen LogP contribution in [-0.2, 0) is 10.0 Å². The number of sulfonamides is 1. The van der Waals surface area contributed by atoms with Gasteiger partial charge in [0.1, 0.15) is 0 Å². The van der Waals surface area contributed by atoms with Crippen molar-refractivity contribution in [2.75, 3.05) is 10.0 Å². The van der Waals surface area contributed by atoms with E-state index in [1.54, 1.807) is 48.5 Å². The molecule has 0 radical (unpaired) electrons. The summed E-state index contributed by atoms with van der Waals surface area (Å²) in [6.45, 7) is 0. The van der Waals surface area contributed by atoms with E-state index >= 15 is 0 Å². The highest BCUT2D eigenvalue weighted by Crippen LogP contribution is 2.17. The molecule has 0 amide bonds. The molecule has 0 aliphatic rings. The summed E-state index contributed by atoms with van der Waals surface area (Å²) in [6, 6.07) is 20.1. The van der Waals surface area contributed by atoms with Crippen LogP contribution >= 0.6 is 0 Å². The van der Waals surface area contributed by atoms with Gasteiger partial charge in [-0.2, -0.15) is 5.26 Å². The smallest absolute Gasteiger partial charge is 0.263 e. The summed E-state index contributed by atoms with van der Waals surface area (Å²) < 4.78 is 26.8. The average Bonchev–Trinajstić information content (AvgIpc) is 2.64. The summed E-state index contributed by atoms with van der Waals surface area (Å²) in [5.41, 5.74) is 1.20. The Bertz CT molecular complexity index is 1010. The maximum absolute atomic E-state index is 12.2. The summed E-state index contributed by atoms with van der Waals surface area (Å²) in [5.74, 6) is 0.540. The van der Waals surface area contributed by atoms with E-state index < -0.39 is 10.0 Å². The third kappa shape index (κ3) is 4.10. The fourth-order valence-electron chi connectivity index (χ4n) is 2.06. The number of benzene rings is 2. The van der Waals surface area contributed by atoms with Crippen LogP contribution < -0.4 is 10.0 Å². The molecule has 25 heavy (non-hydrogen) atoms. The molecule has 0 aliphatic carbocycles. The van der Waals surface area contributed by atoms with E-state index in [4.69, 9.17) is 5.26 Å². The monoisotopic (exact) mass is 351 g/mol. The van der Waals surface area contributed by atoms with Crippen molar-refractivity contribution in [1.29, 1.82) is 5.26 Å². The van der Waals surface area contributed by atoms with Gasteiger partial charge in [-0.25, -0.2) is 8.42 Å². The topological polar surface area (TPSA) is 108 Å². The highest BCUT2D eigenvalue weighted by molar-refractivity contribution is 7.92. The molecule has 124 valence electrons. The van der Waals surface area contributed by atoms with Crippen molar-refractivity contribution >= 4 is 27.3 Å². The molecule has 0 saturated heterocycles. The third-order valence-electron chi connectivity index (χ3n) is 3.22. The first kappa shape index (κ1) is 16.4. The number of aromatic nitrogens is 2. The highest BCUT2D eigenvalue weighted by atomic mass is 32.2. The minimum atomic E-state index is -3.70. The van der Waals surface area contributed by atoms with Gasteiger partial charge >= 0.3 is 0 Å². The molecule has 0 spiro atoms. The lowest BCUT2D eigenvalue weighted by Crippen LogP contribution is -2.14. The maximum Gasteiger partial charge on any atom is 0.263 e. The van der Waals surface area contributed by atoms with Gasteiger partial charge in [0, 0.05) is 5.69 Å². The number of nitrogens with zero attached hydrogens (tertiary/aromatic N) is 3. The second kappa shape index (κ2) is 6.98. The first-order chi connectivity index (χ1) is 12.1. The number of nitrogens with one attached hydrogen (secondary N) is 2. The zero-order chi connectivity index (χ0) is 17.7. The minimum Gasteiger partial charge on any atom is -0.339 e. The van der Waals surface area contributed by atoms with Crippen LogP contribution in [0.2, 0.25) is 0 Å². The highest BCUT2D eigenvalue weighted by Gasteiger charge is 2.14. The Morgan fingerprint density at radius 3 is 2.28 bits per heavy atom. The van der Waals surface area contributed by atoms with Crippen molar-refractivity contribution in [3.8, 4) is 6.07 Å². The van der Waals surface area contributed by atoms with Gasteiger partial charge < -0.3 is 5.32 Å². The SMILES string of the molecule is N#Cc1cccc(Nc2ccc(NS(=O)(=O)c3ccccc3)nn2)c1. The van der Waals surface area contributed by atoms with Crippen molar-refractivity contribution in [1.82, 2.24) is 10.2 Å². The molecule has 0 atom stereocenters. The van der Waals surface area contributed by atoms with Crippen LogP contribution in [0.15, 0.2) is 71.6 Å². The van der Waals surface area contributed by atoms with E-state index in [1.807, 2.05) is 0 Å². The standard InChI is InChI=1S/C17H13N5O2S/c18-12-13-5-4-6-14(11-13)19-16-9-10-17(21-20-16)22-25(23,24)15-7-2-1-3-8-15/h1-11H,(H,19,20)(H,21,22). The molecule has 1 aromatic heterocycles. The van der Waals surface area contributed by atoms with Gasteiger partial charge in [-0.05, 0) is 42.5 Å². The molecule has 0 unspecified atom stereocenters. The Kier molecular flexibility index (Phi) is 4.59. The largest absolute Gasteiger partial charge is 0.339 e. The molecule has 7 nitrogen and oxygen atoms in total. The fourth-order valence-corrected chi connectivity index (χ4v) is 3.08. The van der Waals surface area contributed by atoms with Crippen LogP contribution in [0.1, 0.15) is 5.56 Å². The Labute approximate surface area is 145 Å². The molecule has 2 N–H and O–H groups in total. The quantitative estimate of drug-likeness (QED) is 0.732. The van der Waals surface area contributed by atoms with E-state index in [9.17, 15) is 8.42 Å². The Morgan fingerprint density at radius 1 is 0.880 bits per heavy atom. The summed E-state index contributed by atoms with van der Waals surface area (Å²) in [4.78, 5) is 0.146. The lowest BCUT2D eigenvalue weighted by atomic mass is 10.2. The minimum absolute atomic E-state index is 0.111. The lowest BCUT2D eigenvalue weighted by molar-refractivity contribution is 0.601. The summed E-state index contributed by atoms with van der Waals surface area (Å²) in [6.07, 6.45) is 0. The number of nitriles is 1. The molecule has 8 heteroatoms. The third-order valence-corrected chi connectivity index (χ3v) is 4.59. The molecule has 1 heterocycles. The van der Waals surface area contributed by atoms with Gasteiger partial charge in [-0.15, -0.1) is 10.2 Å². The number of rotatable bonds is 5. The predicted octanol–water partition coefficient (Wildman–Crippen LogP) is 2.89. The molecule has 0 bridgehead atoms. The zero-order valence-corrected chi connectivity index (χ0v) is 13.7. The first-order valence-corrected chi connectivity index (χ1v) is 8.74. The van der Waals surface area contributed by atoms with Crippen LogP contribution in [0.4, 0.5) is 17.3 Å². The van der Waals surface area contributed by atoms with Gasteiger partial charge in [0.15, 0.2) is 11.6 Å². The zero-order valence-electron chi connectivity index (χ0n) is 12.9. The van der Waals surface area contributed by atoms with E-state index in [0.717, 1.165) is 0 Å². The molecular formula is C17H13N5O2S. The van der Waals surface area contributed by atoms with Gasteiger partial charge in [-0.1, -0.05) is 24.3 Å². The second-order valence-corrected chi connectivity index (χ2v) is 6.72. The summed E-state index contributed by atoms with van der Waals surface area (Å²) in [5, 5.41) is 19.7. The normalized spacial score (nSPS) is 10.7. The van der Waals surface area contributed by atoms with E-state index in [1.165, 1.54) is 18.2 Å². The first-order valence-electron chi connectivity index (χ1n) is 7.26. The number of hydrogen-bond donors (Lipinski definition) is 2. The van der Waals surface area contributed by atoms with Gasteiger partial charge in [0.05, 0.1) is 16.5 Å². The maximum atomic E-state index is 12.2. The van der Waals surface area contributed by atoms with E-state index in [-0.39, 0.29) is 10.7 Å². The van der Waals surface area contributed by atoms with Crippen molar-refractivity contribution in [3.05, 3.63) is 72.3 Å². The Hall–Kier alpha value is -3.44. The lowest BCUT2D eigenvalue weighted by Gasteiger charge is -2.08. The van der Waals surface area contributed by atoms with Crippen molar-refractivity contribution < 1.29 is 8.42 Å². The fraction of sp³-hybridized carbons (Fsp3) is 0. The van der Waals surface area contributed by atoms with Crippen molar-refractivity contribution in [2.45, 2.75) is 4.90 Å². The van der Waals surface area contributed by atoms with Gasteiger partial charge in [0.2, 0.25) is 0 Å². The van der Waals surface area contributed by atoms with Gasteiger partial charge in [0.25, 0.3) is 10.0 Å². The number of hydrogen-bond acceptors (Lipinski definition) is 6. The van der Waals surface area contributed by atoms with Gasteiger partial charge in [-0.3, -0.25) is 4.72 Å². The van der Waals surface area contributed by atoms with Crippen LogP contribution in [-0.4, -0.2) is 18.6 Å². The molecule has 0 fully saturated rings. The predicted molar refractivity (Wildman–Crippen MR) is 93.7 cm³/mol. The summed E-state index contributed by atoms with van der Waals surface area (Å²) in [7, 11) is -3.70. The Morgan fingerprint density at radius 2 is 1.60 bits per heavy atom. The van der Waals surface area contributed by atoms with E-state index in [2.05, 4.69) is 26.3 Å². The van der Waals surface area contributed by atoms with Crippen molar-refractivity contribution in [2.24, 2.45) is 0 Å². The number of anilines is 3. The molecule has 3 rings (SSSR count). The molecule has 0 aliphatic heterocycles. The van der Waals surface area contributed by atoms with Crippen LogP contribution in [0.5, 0.6) is 0 Å². The van der Waals surface area contributed by atoms with E-state index in [0.29, 0.717) is 17.1 Å². The summed E-state index contributed by atoms with van der Waals surface area (Å²) >= 11 is 0. The van der Waals surface area contributed by atoms with Crippen LogP contribution in [0, 0.1) is 11.3 Å².